The van der Waals surface area contributed by atoms with Gasteiger partial charge in [-0.1, -0.05) is 198 Å². The van der Waals surface area contributed by atoms with Gasteiger partial charge in [0.05, 0.1) is 0 Å². The number of rotatable bonds is 14. The molecule has 0 unspecified atom stereocenters. The van der Waals surface area contributed by atoms with Crippen molar-refractivity contribution in [1.82, 2.24) is 0 Å². The lowest BCUT2D eigenvalue weighted by atomic mass is 9.70. The van der Waals surface area contributed by atoms with E-state index >= 15 is 0 Å². The van der Waals surface area contributed by atoms with Crippen LogP contribution in [0.2, 0.25) is 0 Å². The van der Waals surface area contributed by atoms with Crippen LogP contribution in [0, 0.1) is 13.8 Å². The van der Waals surface area contributed by atoms with Gasteiger partial charge in [0.25, 0.3) is 0 Å². The summed E-state index contributed by atoms with van der Waals surface area (Å²) in [5.41, 5.74) is 19.0. The molecule has 0 N–H and O–H groups in total. The number of benzene rings is 6. The van der Waals surface area contributed by atoms with Crippen LogP contribution in [0.3, 0.4) is 0 Å². The first kappa shape index (κ1) is 34.8. The molecule has 0 radical (unpaired) electrons. The van der Waals surface area contributed by atoms with Crippen LogP contribution in [0.25, 0.3) is 55.6 Å². The molecule has 0 nitrogen and oxygen atoms in total. The SMILES string of the molecule is CCCCCCC1(CCCCCC)c2cc(-c3ccc(-c4ccc(C)cc4)cc3)ccc2-c2ccc(-c3ccc(-c4ccc(C)cc4)cc3)cc21. The van der Waals surface area contributed by atoms with Crippen LogP contribution in [0.1, 0.15) is 100 Å². The van der Waals surface area contributed by atoms with E-state index in [1.165, 1.54) is 131 Å². The zero-order valence-electron chi connectivity index (χ0n) is 31.3. The van der Waals surface area contributed by atoms with Crippen molar-refractivity contribution in [2.45, 2.75) is 97.3 Å². The standard InChI is InChI=1S/C51H54/c1-5-7-9-11-33-51(34-12-10-8-6-2)49-35-45(43-25-21-41(22-26-43)39-17-13-37(3)14-18-39)29-31-47(49)48-32-30-46(36-50(48)51)44-27-23-42(24-28-44)40-19-15-38(4)16-20-40/h13-32,35-36H,5-12,33-34H2,1-4H3. The maximum Gasteiger partial charge on any atom is 0.0215 e. The molecule has 0 bridgehead atoms. The van der Waals surface area contributed by atoms with Crippen molar-refractivity contribution in [1.29, 1.82) is 0 Å². The summed E-state index contributed by atoms with van der Waals surface area (Å²) in [6, 6.07) is 50.9. The molecule has 0 spiro atoms. The molecule has 6 aromatic carbocycles. The Morgan fingerprint density at radius 3 is 0.961 bits per heavy atom. The second-order valence-corrected chi connectivity index (χ2v) is 15.1. The Kier molecular flexibility index (Phi) is 10.7. The zero-order chi connectivity index (χ0) is 35.2. The number of hydrogen-bond donors (Lipinski definition) is 0. The van der Waals surface area contributed by atoms with E-state index in [9.17, 15) is 0 Å². The molecule has 7 rings (SSSR count). The fraction of sp³-hybridized carbons (Fsp3) is 0.294. The topological polar surface area (TPSA) is 0 Å². The molecule has 0 heterocycles. The highest BCUT2D eigenvalue weighted by Gasteiger charge is 2.42. The molecular weight excluding hydrogens is 613 g/mol. The fourth-order valence-corrected chi connectivity index (χ4v) is 8.43. The summed E-state index contributed by atoms with van der Waals surface area (Å²) in [6.45, 7) is 8.95. The van der Waals surface area contributed by atoms with E-state index in [-0.39, 0.29) is 5.41 Å². The Labute approximate surface area is 307 Å². The molecule has 0 saturated heterocycles. The van der Waals surface area contributed by atoms with Gasteiger partial charge in [0.2, 0.25) is 0 Å². The van der Waals surface area contributed by atoms with Crippen LogP contribution in [-0.4, -0.2) is 0 Å². The maximum absolute atomic E-state index is 2.58. The van der Waals surface area contributed by atoms with Crippen LogP contribution < -0.4 is 0 Å². The van der Waals surface area contributed by atoms with E-state index in [2.05, 4.69) is 161 Å². The summed E-state index contributed by atoms with van der Waals surface area (Å²) in [6.07, 6.45) is 12.7. The third-order valence-corrected chi connectivity index (χ3v) is 11.5. The van der Waals surface area contributed by atoms with Gasteiger partial charge in [0.1, 0.15) is 0 Å². The summed E-state index contributed by atoms with van der Waals surface area (Å²) in [4.78, 5) is 0. The van der Waals surface area contributed by atoms with Gasteiger partial charge in [-0.05, 0) is 106 Å². The normalized spacial score (nSPS) is 12.9. The van der Waals surface area contributed by atoms with Gasteiger partial charge < -0.3 is 0 Å². The van der Waals surface area contributed by atoms with Crippen LogP contribution in [0.15, 0.2) is 133 Å². The van der Waals surface area contributed by atoms with E-state index < -0.39 is 0 Å². The first-order chi connectivity index (χ1) is 25.0. The maximum atomic E-state index is 2.58. The van der Waals surface area contributed by atoms with Gasteiger partial charge in [-0.25, -0.2) is 0 Å². The Bertz CT molecular complexity index is 1890. The van der Waals surface area contributed by atoms with Crippen molar-refractivity contribution in [2.75, 3.05) is 0 Å². The first-order valence-electron chi connectivity index (χ1n) is 19.6. The molecule has 0 heteroatoms. The van der Waals surface area contributed by atoms with Crippen molar-refractivity contribution in [2.24, 2.45) is 0 Å². The summed E-state index contributed by atoms with van der Waals surface area (Å²) in [5.74, 6) is 0. The Hall–Kier alpha value is -4.68. The van der Waals surface area contributed by atoms with Crippen molar-refractivity contribution >= 4 is 0 Å². The molecule has 1 aliphatic rings. The Morgan fingerprint density at radius 1 is 0.333 bits per heavy atom. The summed E-state index contributed by atoms with van der Waals surface area (Å²) in [5, 5.41) is 0. The minimum absolute atomic E-state index is 0.0296. The van der Waals surface area contributed by atoms with Gasteiger partial charge in [-0.15, -0.1) is 0 Å². The lowest BCUT2D eigenvalue weighted by Gasteiger charge is -2.33. The first-order valence-corrected chi connectivity index (χ1v) is 19.6. The molecular formula is C51H54. The molecule has 258 valence electrons. The number of hydrogen-bond acceptors (Lipinski definition) is 0. The minimum Gasteiger partial charge on any atom is -0.0654 e. The second kappa shape index (κ2) is 15.7. The minimum atomic E-state index is 0.0296. The van der Waals surface area contributed by atoms with Gasteiger partial charge in [-0.2, -0.15) is 0 Å². The third-order valence-electron chi connectivity index (χ3n) is 11.5. The third kappa shape index (κ3) is 7.38. The summed E-state index contributed by atoms with van der Waals surface area (Å²) in [7, 11) is 0. The molecule has 0 saturated carbocycles. The largest absolute Gasteiger partial charge is 0.0654 e. The highest BCUT2D eigenvalue weighted by atomic mass is 14.5. The predicted octanol–water partition coefficient (Wildman–Crippen LogP) is 15.2. The highest BCUT2D eigenvalue weighted by molar-refractivity contribution is 5.86. The van der Waals surface area contributed by atoms with Gasteiger partial charge in [0, 0.05) is 5.41 Å². The van der Waals surface area contributed by atoms with E-state index in [1.807, 2.05) is 0 Å². The Balaban J connectivity index is 1.28. The highest BCUT2D eigenvalue weighted by Crippen LogP contribution is 2.56. The van der Waals surface area contributed by atoms with Crippen molar-refractivity contribution < 1.29 is 0 Å². The van der Waals surface area contributed by atoms with Gasteiger partial charge in [0.15, 0.2) is 0 Å². The molecule has 6 aromatic rings. The number of fused-ring (bicyclic) bond motifs is 3. The van der Waals surface area contributed by atoms with Crippen molar-refractivity contribution in [3.8, 4) is 55.6 Å². The average Bonchev–Trinajstić information content (AvgIpc) is 3.44. The van der Waals surface area contributed by atoms with Crippen molar-refractivity contribution in [3.05, 3.63) is 156 Å². The quantitative estimate of drug-likeness (QED) is 0.102. The monoisotopic (exact) mass is 666 g/mol. The lowest BCUT2D eigenvalue weighted by molar-refractivity contribution is 0.401. The number of unbranched alkanes of at least 4 members (excludes halogenated alkanes) is 6. The predicted molar refractivity (Wildman–Crippen MR) is 221 cm³/mol. The zero-order valence-corrected chi connectivity index (χ0v) is 31.3. The molecule has 0 amide bonds. The van der Waals surface area contributed by atoms with Crippen LogP contribution in [0.5, 0.6) is 0 Å². The molecule has 51 heavy (non-hydrogen) atoms. The molecule has 0 atom stereocenters. The van der Waals surface area contributed by atoms with Gasteiger partial charge >= 0.3 is 0 Å². The van der Waals surface area contributed by atoms with Gasteiger partial charge in [-0.3, -0.25) is 0 Å². The fourth-order valence-electron chi connectivity index (χ4n) is 8.43. The van der Waals surface area contributed by atoms with E-state index in [0.717, 1.165) is 0 Å². The smallest absolute Gasteiger partial charge is 0.0215 e. The van der Waals surface area contributed by atoms with E-state index in [1.54, 1.807) is 11.1 Å². The summed E-state index contributed by atoms with van der Waals surface area (Å²) >= 11 is 0. The van der Waals surface area contributed by atoms with Crippen LogP contribution in [-0.2, 0) is 5.41 Å². The summed E-state index contributed by atoms with van der Waals surface area (Å²) < 4.78 is 0. The molecule has 0 fully saturated rings. The molecule has 1 aliphatic carbocycles. The number of aryl methyl sites for hydroxylation is 2. The van der Waals surface area contributed by atoms with E-state index in [0.29, 0.717) is 0 Å². The van der Waals surface area contributed by atoms with Crippen LogP contribution >= 0.6 is 0 Å². The van der Waals surface area contributed by atoms with E-state index in [4.69, 9.17) is 0 Å². The Morgan fingerprint density at radius 2 is 0.627 bits per heavy atom. The van der Waals surface area contributed by atoms with Crippen molar-refractivity contribution in [3.63, 3.8) is 0 Å². The lowest BCUT2D eigenvalue weighted by Crippen LogP contribution is -2.25. The second-order valence-electron chi connectivity index (χ2n) is 15.1. The van der Waals surface area contributed by atoms with Crippen LogP contribution in [0.4, 0.5) is 0 Å². The molecule has 0 aromatic heterocycles. The molecule has 0 aliphatic heterocycles. The average molecular weight is 667 g/mol.